The van der Waals surface area contributed by atoms with E-state index in [1.165, 1.54) is 17.7 Å². The lowest BCUT2D eigenvalue weighted by Crippen LogP contribution is -2.70. The standard InChI is InChI=1S/C52H65FN2O9/c1-5-7-28-60-51(58)55(34-37-18-20-39(53)21-19-37)47-33-45(54-64-48-16-10-13-29-59-48)43-31-38(14-8-11-25-56)42(15-9-12-26-57)49-44-32-41(62-40-22-17-35(3)36(4)30-40)23-24-46(44)63-52(47,50(43)49)61-27-6-2/h5-6,17-24,30-32,38,42,47-50,56-57H,1-2,7-16,25-29,33-34H2,3-4H3. The van der Waals surface area contributed by atoms with E-state index in [-0.39, 0.29) is 57.1 Å². The molecule has 2 heterocycles. The Morgan fingerprint density at radius 3 is 2.44 bits per heavy atom. The normalized spacial score (nSPS) is 25.3. The van der Waals surface area contributed by atoms with Gasteiger partial charge in [-0.2, -0.15) is 0 Å². The Kier molecular flexibility index (Phi) is 16.3. The monoisotopic (exact) mass is 880 g/mol. The number of allylic oxidation sites excluding steroid dienone is 1. The number of benzene rings is 3. The predicted molar refractivity (Wildman–Crippen MR) is 244 cm³/mol. The summed E-state index contributed by atoms with van der Waals surface area (Å²) in [7, 11) is 0. The SMILES string of the molecule is C=CCCOC(=O)N(Cc1ccc(F)cc1)C1CC(=NOC2CCCCO2)C2=CC(CCCCO)C(CCCCO)C3c4cc(Oc5ccc(C)c(C)c5)ccc4OC1(OCC=C)C23. The number of aryl methyl sites for hydroxylation is 2. The molecule has 3 aromatic rings. The van der Waals surface area contributed by atoms with E-state index in [2.05, 4.69) is 39.1 Å². The van der Waals surface area contributed by atoms with Crippen LogP contribution in [0.25, 0.3) is 0 Å². The van der Waals surface area contributed by atoms with Gasteiger partial charge in [-0.05, 0) is 135 Å². The van der Waals surface area contributed by atoms with Crippen LogP contribution in [0.5, 0.6) is 17.2 Å². The maximum atomic E-state index is 14.7. The van der Waals surface area contributed by atoms with Crippen molar-refractivity contribution in [3.05, 3.63) is 126 Å². The fourth-order valence-electron chi connectivity index (χ4n) is 9.94. The van der Waals surface area contributed by atoms with Gasteiger partial charge < -0.3 is 38.7 Å². The van der Waals surface area contributed by atoms with E-state index in [9.17, 15) is 19.4 Å². The number of aliphatic hydroxyl groups excluding tert-OH is 2. The van der Waals surface area contributed by atoms with Gasteiger partial charge >= 0.3 is 6.09 Å². The molecular weight excluding hydrogens is 816 g/mol. The van der Waals surface area contributed by atoms with Crippen LogP contribution in [-0.4, -0.2) is 78.1 Å². The number of nitrogens with zero attached hydrogens (tertiary/aromatic N) is 2. The van der Waals surface area contributed by atoms with Crippen LogP contribution in [0.4, 0.5) is 9.18 Å². The van der Waals surface area contributed by atoms with Crippen LogP contribution in [0, 0.1) is 37.4 Å². The summed E-state index contributed by atoms with van der Waals surface area (Å²) in [6.07, 6.45) is 12.2. The molecule has 7 rings (SSSR count). The molecule has 11 nitrogen and oxygen atoms in total. The highest BCUT2D eigenvalue weighted by molar-refractivity contribution is 6.03. The molecule has 0 radical (unpaired) electrons. The molecule has 2 aliphatic carbocycles. The molecule has 0 spiro atoms. The molecule has 12 heteroatoms. The smallest absolute Gasteiger partial charge is 0.410 e. The van der Waals surface area contributed by atoms with Gasteiger partial charge in [-0.1, -0.05) is 54.4 Å². The summed E-state index contributed by atoms with van der Waals surface area (Å²) < 4.78 is 47.4. The molecule has 0 bridgehead atoms. The van der Waals surface area contributed by atoms with Crippen LogP contribution >= 0.6 is 0 Å². The zero-order chi connectivity index (χ0) is 45.1. The van der Waals surface area contributed by atoms with Crippen LogP contribution in [-0.2, 0) is 25.6 Å². The number of oxime groups is 1. The molecule has 1 saturated carbocycles. The largest absolute Gasteiger partial charge is 0.459 e. The Balaban J connectivity index is 1.45. The highest BCUT2D eigenvalue weighted by Gasteiger charge is 2.65. The van der Waals surface area contributed by atoms with Gasteiger partial charge in [0.25, 0.3) is 0 Å². The maximum absolute atomic E-state index is 14.7. The van der Waals surface area contributed by atoms with Gasteiger partial charge in [-0.25, -0.2) is 9.18 Å². The third-order valence-electron chi connectivity index (χ3n) is 13.2. The summed E-state index contributed by atoms with van der Waals surface area (Å²) in [6.45, 7) is 13.0. The molecule has 344 valence electrons. The summed E-state index contributed by atoms with van der Waals surface area (Å²) in [5.74, 6) is -0.703. The molecule has 2 fully saturated rings. The molecule has 1 amide bonds. The molecule has 1 saturated heterocycles. The first-order chi connectivity index (χ1) is 31.2. The molecule has 7 atom stereocenters. The maximum Gasteiger partial charge on any atom is 0.410 e. The number of fused-ring (bicyclic) bond motifs is 2. The second kappa shape index (κ2) is 22.3. The average molecular weight is 881 g/mol. The first-order valence-corrected chi connectivity index (χ1v) is 23.1. The Bertz CT molecular complexity index is 2120. The summed E-state index contributed by atoms with van der Waals surface area (Å²) in [5.41, 5.74) is 5.46. The van der Waals surface area contributed by atoms with Gasteiger partial charge in [0, 0.05) is 44.1 Å². The summed E-state index contributed by atoms with van der Waals surface area (Å²) >= 11 is 0. The lowest BCUT2D eigenvalue weighted by Gasteiger charge is -2.60. The van der Waals surface area contributed by atoms with Gasteiger partial charge in [0.05, 0.1) is 31.5 Å². The number of carbonyl (C=O) groups is 1. The number of halogens is 1. The zero-order valence-electron chi connectivity index (χ0n) is 37.4. The molecule has 3 aromatic carbocycles. The van der Waals surface area contributed by atoms with Gasteiger partial charge in [-0.15, -0.1) is 13.2 Å². The lowest BCUT2D eigenvalue weighted by molar-refractivity contribution is -0.256. The van der Waals surface area contributed by atoms with Crippen molar-refractivity contribution in [1.82, 2.24) is 4.90 Å². The average Bonchev–Trinajstić information content (AvgIpc) is 3.30. The number of amides is 1. The number of rotatable bonds is 21. The van der Waals surface area contributed by atoms with Crippen molar-refractivity contribution in [2.75, 3.05) is 33.0 Å². The van der Waals surface area contributed by atoms with Gasteiger partial charge in [-0.3, -0.25) is 4.90 Å². The fourth-order valence-corrected chi connectivity index (χ4v) is 9.94. The van der Waals surface area contributed by atoms with E-state index in [1.807, 2.05) is 30.3 Å². The molecular formula is C52H65FN2O9. The van der Waals surface area contributed by atoms with Crippen molar-refractivity contribution in [2.45, 2.75) is 115 Å². The van der Waals surface area contributed by atoms with Gasteiger partial charge in [0.2, 0.25) is 12.1 Å². The van der Waals surface area contributed by atoms with Gasteiger partial charge in [0.15, 0.2) is 0 Å². The second-order valence-electron chi connectivity index (χ2n) is 17.5. The first-order valence-electron chi connectivity index (χ1n) is 23.1. The lowest BCUT2D eigenvalue weighted by atomic mass is 9.55. The van der Waals surface area contributed by atoms with Crippen molar-refractivity contribution in [2.24, 2.45) is 22.9 Å². The third kappa shape index (κ3) is 10.7. The molecule has 4 aliphatic rings. The Morgan fingerprint density at radius 2 is 1.72 bits per heavy atom. The van der Waals surface area contributed by atoms with Crippen LogP contribution in [0.1, 0.15) is 98.8 Å². The van der Waals surface area contributed by atoms with E-state index in [4.69, 9.17) is 33.7 Å². The van der Waals surface area contributed by atoms with E-state index in [1.54, 1.807) is 29.2 Å². The highest BCUT2D eigenvalue weighted by atomic mass is 19.1. The minimum absolute atomic E-state index is 0.0119. The number of carbonyl (C=O) groups excluding carboxylic acids is 1. The van der Waals surface area contributed by atoms with E-state index < -0.39 is 35.9 Å². The van der Waals surface area contributed by atoms with Crippen LogP contribution < -0.4 is 9.47 Å². The fraction of sp³-hybridized carbons (Fsp3) is 0.500. The number of ether oxygens (including phenoxy) is 5. The highest BCUT2D eigenvalue weighted by Crippen LogP contribution is 2.62. The number of hydrogen-bond donors (Lipinski definition) is 2. The first kappa shape index (κ1) is 47.0. The predicted octanol–water partition coefficient (Wildman–Crippen LogP) is 10.6. The summed E-state index contributed by atoms with van der Waals surface area (Å²) in [6, 6.07) is 17.2. The Morgan fingerprint density at radius 1 is 0.953 bits per heavy atom. The number of unbranched alkanes of at least 4 members (excludes halogenated alkanes) is 2. The van der Waals surface area contributed by atoms with Crippen LogP contribution in [0.2, 0.25) is 0 Å². The van der Waals surface area contributed by atoms with Crippen molar-refractivity contribution in [3.63, 3.8) is 0 Å². The summed E-state index contributed by atoms with van der Waals surface area (Å²) in [4.78, 5) is 22.6. The molecule has 2 aliphatic heterocycles. The van der Waals surface area contributed by atoms with Crippen molar-refractivity contribution in [3.8, 4) is 17.2 Å². The number of aliphatic hydroxyl groups is 2. The minimum Gasteiger partial charge on any atom is -0.459 e. The minimum atomic E-state index is -1.52. The number of hydrogen-bond acceptors (Lipinski definition) is 10. The molecule has 64 heavy (non-hydrogen) atoms. The zero-order valence-corrected chi connectivity index (χ0v) is 37.4. The van der Waals surface area contributed by atoms with Crippen LogP contribution in [0.15, 0.2) is 103 Å². The van der Waals surface area contributed by atoms with Crippen molar-refractivity contribution < 1.29 is 47.9 Å². The topological polar surface area (TPSA) is 129 Å². The van der Waals surface area contributed by atoms with E-state index in [0.29, 0.717) is 55.1 Å². The third-order valence-corrected chi connectivity index (χ3v) is 13.2. The second-order valence-corrected chi connectivity index (χ2v) is 17.5. The molecule has 0 aromatic heterocycles. The van der Waals surface area contributed by atoms with Crippen molar-refractivity contribution >= 4 is 11.8 Å². The quantitative estimate of drug-likeness (QED) is 0.0610. The Labute approximate surface area is 377 Å². The van der Waals surface area contributed by atoms with Crippen LogP contribution in [0.3, 0.4) is 0 Å². The van der Waals surface area contributed by atoms with Crippen molar-refractivity contribution in [1.29, 1.82) is 0 Å². The van der Waals surface area contributed by atoms with E-state index in [0.717, 1.165) is 61.0 Å². The van der Waals surface area contributed by atoms with E-state index >= 15 is 0 Å². The summed E-state index contributed by atoms with van der Waals surface area (Å²) in [5, 5.41) is 24.9. The molecule has 2 N–H and O–H groups in total. The molecule has 7 unspecified atom stereocenters. The Hall–Kier alpha value is -5.01. The van der Waals surface area contributed by atoms with Gasteiger partial charge in [0.1, 0.15) is 29.1 Å².